The van der Waals surface area contributed by atoms with E-state index in [0.29, 0.717) is 17.2 Å². The molecule has 11 heteroatoms. The molecule has 0 radical (unpaired) electrons. The molecular formula is C22H25N5O5S. The third kappa shape index (κ3) is 5.44. The zero-order valence-corrected chi connectivity index (χ0v) is 19.3. The average molecular weight is 472 g/mol. The molecular weight excluding hydrogens is 446 g/mol. The molecule has 0 fully saturated rings. The molecule has 3 aromatic rings. The van der Waals surface area contributed by atoms with Gasteiger partial charge in [0, 0.05) is 11.8 Å². The van der Waals surface area contributed by atoms with Gasteiger partial charge in [0.1, 0.15) is 0 Å². The zero-order chi connectivity index (χ0) is 24.2. The highest BCUT2D eigenvalue weighted by molar-refractivity contribution is 7.89. The van der Waals surface area contributed by atoms with Crippen molar-refractivity contribution in [2.75, 3.05) is 7.05 Å². The first-order valence-electron chi connectivity index (χ1n) is 10.3. The number of hydrogen-bond acceptors (Lipinski definition) is 6. The van der Waals surface area contributed by atoms with Crippen LogP contribution in [0.15, 0.2) is 58.2 Å². The van der Waals surface area contributed by atoms with E-state index in [2.05, 4.69) is 20.7 Å². The summed E-state index contributed by atoms with van der Waals surface area (Å²) in [5.74, 6) is -1.08. The lowest BCUT2D eigenvalue weighted by molar-refractivity contribution is -0.121. The molecule has 3 rings (SSSR count). The second-order valence-electron chi connectivity index (χ2n) is 7.59. The molecule has 174 valence electrons. The molecule has 2 aromatic carbocycles. The molecule has 0 aliphatic rings. The number of sulfonamides is 1. The summed E-state index contributed by atoms with van der Waals surface area (Å²) in [5.41, 5.74) is 5.20. The zero-order valence-electron chi connectivity index (χ0n) is 18.5. The first kappa shape index (κ1) is 24.1. The summed E-state index contributed by atoms with van der Waals surface area (Å²) in [6.07, 6.45) is 0.416. The number of nitrogens with zero attached hydrogens (tertiary/aromatic N) is 2. The van der Waals surface area contributed by atoms with Crippen LogP contribution in [-0.4, -0.2) is 37.1 Å². The summed E-state index contributed by atoms with van der Waals surface area (Å²) in [7, 11) is -2.19. The standard InChI is InChI=1S/C22H25N5O5S/c1-14(2)27-22(30)18-7-5-4-6-17(18)20(26-27)21(29)25-24-19(28)13-10-15-8-11-16(12-9-15)33(31,32)23-3/h4-9,11-12,14,23H,10,13H2,1-3H3,(H,24,28)(H,25,29). The molecule has 0 atom stereocenters. The van der Waals surface area contributed by atoms with Crippen molar-refractivity contribution in [1.29, 1.82) is 0 Å². The maximum Gasteiger partial charge on any atom is 0.290 e. The minimum Gasteiger partial charge on any atom is -0.273 e. The number of carbonyl (C=O) groups excluding carboxylic acids is 2. The Morgan fingerprint density at radius 2 is 1.64 bits per heavy atom. The van der Waals surface area contributed by atoms with Gasteiger partial charge in [-0.15, -0.1) is 0 Å². The topological polar surface area (TPSA) is 139 Å². The van der Waals surface area contributed by atoms with Crippen LogP contribution in [0.3, 0.4) is 0 Å². The van der Waals surface area contributed by atoms with Gasteiger partial charge >= 0.3 is 0 Å². The Kier molecular flexibility index (Phi) is 7.24. The predicted octanol–water partition coefficient (Wildman–Crippen LogP) is 1.28. The molecule has 10 nitrogen and oxygen atoms in total. The first-order valence-corrected chi connectivity index (χ1v) is 11.8. The fourth-order valence-corrected chi connectivity index (χ4v) is 3.91. The quantitative estimate of drug-likeness (QED) is 0.444. The van der Waals surface area contributed by atoms with Crippen molar-refractivity contribution in [3.05, 3.63) is 70.1 Å². The molecule has 0 bridgehead atoms. The van der Waals surface area contributed by atoms with Crippen LogP contribution in [0.4, 0.5) is 0 Å². The fraction of sp³-hybridized carbons (Fsp3) is 0.273. The molecule has 0 aliphatic heterocycles. The Morgan fingerprint density at radius 3 is 2.24 bits per heavy atom. The lowest BCUT2D eigenvalue weighted by Gasteiger charge is -2.13. The van der Waals surface area contributed by atoms with Crippen LogP contribution < -0.4 is 21.1 Å². The highest BCUT2D eigenvalue weighted by Gasteiger charge is 2.18. The number of hydrazine groups is 1. The van der Waals surface area contributed by atoms with E-state index in [-0.39, 0.29) is 28.6 Å². The summed E-state index contributed by atoms with van der Waals surface area (Å²) in [6, 6.07) is 12.6. The van der Waals surface area contributed by atoms with Crippen LogP contribution in [0.1, 0.15) is 42.4 Å². The minimum atomic E-state index is -3.52. The highest BCUT2D eigenvalue weighted by atomic mass is 32.2. The maximum absolute atomic E-state index is 12.7. The molecule has 1 aromatic heterocycles. The molecule has 2 amide bonds. The Morgan fingerprint density at radius 1 is 1.00 bits per heavy atom. The summed E-state index contributed by atoms with van der Waals surface area (Å²) in [6.45, 7) is 3.57. The van der Waals surface area contributed by atoms with E-state index in [1.54, 1.807) is 50.2 Å². The van der Waals surface area contributed by atoms with Crippen LogP contribution in [0.2, 0.25) is 0 Å². The number of hydrogen-bond donors (Lipinski definition) is 3. The minimum absolute atomic E-state index is 0.0283. The Bertz CT molecular complexity index is 1350. The van der Waals surface area contributed by atoms with Gasteiger partial charge in [-0.25, -0.2) is 17.8 Å². The Balaban J connectivity index is 1.65. The summed E-state index contributed by atoms with van der Waals surface area (Å²) in [5, 5.41) is 4.95. The van der Waals surface area contributed by atoms with E-state index in [1.807, 2.05) is 0 Å². The molecule has 0 saturated heterocycles. The van der Waals surface area contributed by atoms with Gasteiger partial charge in [0.05, 0.1) is 16.3 Å². The third-order valence-electron chi connectivity index (χ3n) is 4.99. The van der Waals surface area contributed by atoms with E-state index in [0.717, 1.165) is 5.56 Å². The lowest BCUT2D eigenvalue weighted by atomic mass is 10.1. The number of aromatic nitrogens is 2. The van der Waals surface area contributed by atoms with Crippen molar-refractivity contribution in [2.24, 2.45) is 0 Å². The first-order chi connectivity index (χ1) is 15.6. The summed E-state index contributed by atoms with van der Waals surface area (Å²) < 4.78 is 27.0. The van der Waals surface area contributed by atoms with Crippen molar-refractivity contribution in [3.8, 4) is 0 Å². The lowest BCUT2D eigenvalue weighted by Crippen LogP contribution is -2.43. The number of carbonyl (C=O) groups is 2. The van der Waals surface area contributed by atoms with Crippen molar-refractivity contribution in [3.63, 3.8) is 0 Å². The Hall–Kier alpha value is -3.57. The molecule has 0 aliphatic carbocycles. The number of fused-ring (bicyclic) bond motifs is 1. The number of benzene rings is 2. The normalized spacial score (nSPS) is 11.5. The smallest absolute Gasteiger partial charge is 0.273 e. The van der Waals surface area contributed by atoms with E-state index < -0.39 is 21.8 Å². The van der Waals surface area contributed by atoms with Gasteiger partial charge in [-0.05, 0) is 51.1 Å². The van der Waals surface area contributed by atoms with Gasteiger partial charge in [-0.1, -0.05) is 30.3 Å². The van der Waals surface area contributed by atoms with E-state index >= 15 is 0 Å². The van der Waals surface area contributed by atoms with Crippen LogP contribution in [0, 0.1) is 0 Å². The van der Waals surface area contributed by atoms with E-state index in [9.17, 15) is 22.8 Å². The number of nitrogens with one attached hydrogen (secondary N) is 3. The largest absolute Gasteiger partial charge is 0.290 e. The van der Waals surface area contributed by atoms with Gasteiger partial charge in [0.25, 0.3) is 11.5 Å². The third-order valence-corrected chi connectivity index (χ3v) is 6.42. The molecule has 0 saturated carbocycles. The average Bonchev–Trinajstić information content (AvgIpc) is 2.81. The van der Waals surface area contributed by atoms with Gasteiger partial charge in [0.15, 0.2) is 5.69 Å². The summed E-state index contributed by atoms with van der Waals surface area (Å²) >= 11 is 0. The van der Waals surface area contributed by atoms with Gasteiger partial charge in [0.2, 0.25) is 15.9 Å². The molecule has 33 heavy (non-hydrogen) atoms. The van der Waals surface area contributed by atoms with Gasteiger partial charge in [-0.2, -0.15) is 5.10 Å². The van der Waals surface area contributed by atoms with Crippen molar-refractivity contribution >= 4 is 32.6 Å². The van der Waals surface area contributed by atoms with Crippen LogP contribution >= 0.6 is 0 Å². The predicted molar refractivity (Wildman–Crippen MR) is 123 cm³/mol. The fourth-order valence-electron chi connectivity index (χ4n) is 3.18. The SMILES string of the molecule is CNS(=O)(=O)c1ccc(CCC(=O)NNC(=O)c2nn(C(C)C)c(=O)c3ccccc23)cc1. The van der Waals surface area contributed by atoms with Crippen molar-refractivity contribution in [1.82, 2.24) is 25.4 Å². The van der Waals surface area contributed by atoms with Crippen LogP contribution in [0.5, 0.6) is 0 Å². The van der Waals surface area contributed by atoms with Crippen molar-refractivity contribution in [2.45, 2.75) is 37.6 Å². The molecule has 3 N–H and O–H groups in total. The van der Waals surface area contributed by atoms with Crippen molar-refractivity contribution < 1.29 is 18.0 Å². The van der Waals surface area contributed by atoms with E-state index in [1.165, 1.54) is 23.9 Å². The highest BCUT2D eigenvalue weighted by Crippen LogP contribution is 2.15. The monoisotopic (exact) mass is 471 g/mol. The molecule has 1 heterocycles. The second-order valence-corrected chi connectivity index (χ2v) is 9.48. The summed E-state index contributed by atoms with van der Waals surface area (Å²) in [4.78, 5) is 37.6. The van der Waals surface area contributed by atoms with E-state index in [4.69, 9.17) is 0 Å². The second kappa shape index (κ2) is 9.92. The molecule has 0 unspecified atom stereocenters. The number of rotatable bonds is 7. The van der Waals surface area contributed by atoms with Crippen LogP contribution in [0.25, 0.3) is 10.8 Å². The van der Waals surface area contributed by atoms with Crippen LogP contribution in [-0.2, 0) is 21.2 Å². The van der Waals surface area contributed by atoms with Gasteiger partial charge < -0.3 is 0 Å². The van der Waals surface area contributed by atoms with Gasteiger partial charge in [-0.3, -0.25) is 25.2 Å². The Labute approximate surface area is 191 Å². The molecule has 0 spiro atoms. The maximum atomic E-state index is 12.7. The number of aryl methyl sites for hydroxylation is 1. The number of amides is 2.